The molecule has 4 rings (SSSR count). The molecule has 1 aromatic carbocycles. The molecule has 0 aliphatic carbocycles. The van der Waals surface area contributed by atoms with Crippen LogP contribution in [0.15, 0.2) is 46.5 Å². The second-order valence-corrected chi connectivity index (χ2v) is 7.18. The smallest absolute Gasteiger partial charge is 0.254 e. The molecule has 0 saturated carbocycles. The van der Waals surface area contributed by atoms with Gasteiger partial charge in [-0.15, -0.1) is 0 Å². The van der Waals surface area contributed by atoms with Crippen LogP contribution in [0.4, 0.5) is 5.13 Å². The van der Waals surface area contributed by atoms with E-state index in [9.17, 15) is 9.59 Å². The van der Waals surface area contributed by atoms with Crippen molar-refractivity contribution in [1.29, 1.82) is 0 Å². The minimum Gasteiger partial charge on any atom is -0.302 e. The zero-order valence-electron chi connectivity index (χ0n) is 11.9. The Morgan fingerprint density at radius 3 is 3.04 bits per heavy atom. The number of fused-ring (bicyclic) bond motifs is 2. The summed E-state index contributed by atoms with van der Waals surface area (Å²) in [6.07, 6.45) is 1.50. The molecule has 23 heavy (non-hydrogen) atoms. The van der Waals surface area contributed by atoms with Gasteiger partial charge in [-0.05, 0) is 12.1 Å². The van der Waals surface area contributed by atoms with Crippen molar-refractivity contribution in [2.45, 2.75) is 11.7 Å². The number of para-hydroxylation sites is 1. The molecule has 2 aromatic heterocycles. The number of aromatic nitrogens is 3. The molecule has 3 aromatic rings. The number of carbonyl (C=O) groups excluding carboxylic acids is 1. The van der Waals surface area contributed by atoms with Crippen LogP contribution in [0.1, 0.15) is 0 Å². The van der Waals surface area contributed by atoms with Crippen LogP contribution in [0, 0.1) is 5.92 Å². The molecule has 116 valence electrons. The Balaban J connectivity index is 1.54. The van der Waals surface area contributed by atoms with E-state index in [0.717, 1.165) is 10.2 Å². The van der Waals surface area contributed by atoms with E-state index in [1.54, 1.807) is 4.57 Å². The number of hydrogen-bond acceptors (Lipinski definition) is 6. The van der Waals surface area contributed by atoms with E-state index >= 15 is 0 Å². The largest absolute Gasteiger partial charge is 0.302 e. The average molecular weight is 344 g/mol. The molecule has 8 heteroatoms. The minimum absolute atomic E-state index is 0.113. The summed E-state index contributed by atoms with van der Waals surface area (Å²) in [6, 6.07) is 9.17. The first-order valence-corrected chi connectivity index (χ1v) is 8.86. The van der Waals surface area contributed by atoms with Gasteiger partial charge in [-0.3, -0.25) is 14.2 Å². The summed E-state index contributed by atoms with van der Waals surface area (Å²) in [7, 11) is 0. The lowest BCUT2D eigenvalue weighted by Gasteiger charge is -2.23. The highest BCUT2D eigenvalue weighted by Gasteiger charge is 2.27. The van der Waals surface area contributed by atoms with E-state index in [1.807, 2.05) is 24.3 Å². The Morgan fingerprint density at radius 2 is 2.17 bits per heavy atom. The monoisotopic (exact) mass is 344 g/mol. The van der Waals surface area contributed by atoms with E-state index in [-0.39, 0.29) is 17.4 Å². The van der Waals surface area contributed by atoms with Crippen molar-refractivity contribution in [2.24, 2.45) is 5.92 Å². The first kappa shape index (κ1) is 14.4. The third kappa shape index (κ3) is 2.75. The molecule has 0 fully saturated rings. The minimum atomic E-state index is -0.276. The highest BCUT2D eigenvalue weighted by molar-refractivity contribution is 7.99. The maximum atomic E-state index is 12.5. The van der Waals surface area contributed by atoms with Crippen molar-refractivity contribution in [1.82, 2.24) is 14.5 Å². The lowest BCUT2D eigenvalue weighted by molar-refractivity contribution is -0.119. The molecule has 1 atom stereocenters. The number of amides is 1. The van der Waals surface area contributed by atoms with Gasteiger partial charge in [0.25, 0.3) is 5.56 Å². The van der Waals surface area contributed by atoms with Gasteiger partial charge in [-0.2, -0.15) is 0 Å². The summed E-state index contributed by atoms with van der Waals surface area (Å²) < 4.78 is 2.59. The van der Waals surface area contributed by atoms with E-state index in [2.05, 4.69) is 15.3 Å². The Morgan fingerprint density at radius 1 is 1.30 bits per heavy atom. The van der Waals surface area contributed by atoms with Gasteiger partial charge in [0, 0.05) is 24.6 Å². The van der Waals surface area contributed by atoms with Crippen LogP contribution in [0.5, 0.6) is 0 Å². The SMILES string of the molecule is O=C(Nc1nc2ccccc2s1)[C@@H]1CSc2nccc(=O)n2C1. The van der Waals surface area contributed by atoms with Crippen molar-refractivity contribution >= 4 is 44.4 Å². The Hall–Kier alpha value is -2.19. The highest BCUT2D eigenvalue weighted by Crippen LogP contribution is 2.28. The number of benzene rings is 1. The number of thioether (sulfide) groups is 1. The van der Waals surface area contributed by atoms with Crippen LogP contribution in [0.25, 0.3) is 10.2 Å². The van der Waals surface area contributed by atoms with Crippen LogP contribution < -0.4 is 10.9 Å². The maximum Gasteiger partial charge on any atom is 0.254 e. The first-order valence-electron chi connectivity index (χ1n) is 7.06. The van der Waals surface area contributed by atoms with Gasteiger partial charge in [0.2, 0.25) is 5.91 Å². The summed E-state index contributed by atoms with van der Waals surface area (Å²) >= 11 is 2.88. The van der Waals surface area contributed by atoms with Gasteiger partial charge in [-0.25, -0.2) is 9.97 Å². The molecule has 3 heterocycles. The fourth-order valence-electron chi connectivity index (χ4n) is 2.44. The summed E-state index contributed by atoms with van der Waals surface area (Å²) in [6.45, 7) is 0.353. The second kappa shape index (κ2) is 5.78. The molecular weight excluding hydrogens is 332 g/mol. The third-order valence-electron chi connectivity index (χ3n) is 3.61. The van der Waals surface area contributed by atoms with Gasteiger partial charge >= 0.3 is 0 Å². The molecule has 1 amide bonds. The summed E-state index contributed by atoms with van der Waals surface area (Å²) in [5.74, 6) is 0.215. The van der Waals surface area contributed by atoms with Crippen LogP contribution in [0.3, 0.4) is 0 Å². The quantitative estimate of drug-likeness (QED) is 0.721. The van der Waals surface area contributed by atoms with Crippen molar-refractivity contribution < 1.29 is 4.79 Å². The predicted octanol–water partition coefficient (Wildman–Crippen LogP) is 2.21. The number of nitrogens with zero attached hydrogens (tertiary/aromatic N) is 3. The Bertz CT molecular complexity index is 917. The summed E-state index contributed by atoms with van der Waals surface area (Å²) in [5.41, 5.74) is 0.747. The number of nitrogens with one attached hydrogen (secondary N) is 1. The standard InChI is InChI=1S/C15H12N4O2S2/c20-12-5-6-16-15-19(12)7-9(8-22-15)13(21)18-14-17-10-3-1-2-4-11(10)23-14/h1-6,9H,7-8H2,(H,17,18,21)/t9-/m0/s1. The number of rotatable bonds is 2. The van der Waals surface area contributed by atoms with Gasteiger partial charge < -0.3 is 5.32 Å². The van der Waals surface area contributed by atoms with Gasteiger partial charge in [0.15, 0.2) is 10.3 Å². The van der Waals surface area contributed by atoms with Gasteiger partial charge in [0.1, 0.15) is 0 Å². The van der Waals surface area contributed by atoms with Crippen LogP contribution in [-0.4, -0.2) is 26.2 Å². The zero-order chi connectivity index (χ0) is 15.8. The Labute approximate surface area is 139 Å². The van der Waals surface area contributed by atoms with Crippen molar-refractivity contribution in [3.8, 4) is 0 Å². The first-order chi connectivity index (χ1) is 11.2. The number of thiazole rings is 1. The van der Waals surface area contributed by atoms with E-state index in [0.29, 0.717) is 22.6 Å². The van der Waals surface area contributed by atoms with Crippen molar-refractivity contribution in [3.63, 3.8) is 0 Å². The van der Waals surface area contributed by atoms with Gasteiger partial charge in [0.05, 0.1) is 16.1 Å². The van der Waals surface area contributed by atoms with E-state index in [4.69, 9.17) is 0 Å². The van der Waals surface area contributed by atoms with Gasteiger partial charge in [-0.1, -0.05) is 35.2 Å². The fraction of sp³-hybridized carbons (Fsp3) is 0.200. The molecule has 0 spiro atoms. The summed E-state index contributed by atoms with van der Waals surface area (Å²) in [4.78, 5) is 32.9. The normalized spacial score (nSPS) is 17.0. The maximum absolute atomic E-state index is 12.5. The fourth-order valence-corrected chi connectivity index (χ4v) is 4.37. The number of carbonyl (C=O) groups is 1. The Kier molecular flexibility index (Phi) is 3.62. The lowest BCUT2D eigenvalue weighted by atomic mass is 10.1. The van der Waals surface area contributed by atoms with Crippen LogP contribution in [0.2, 0.25) is 0 Å². The highest BCUT2D eigenvalue weighted by atomic mass is 32.2. The molecule has 6 nitrogen and oxygen atoms in total. The molecule has 0 saturated heterocycles. The van der Waals surface area contributed by atoms with E-state index < -0.39 is 0 Å². The molecular formula is C15H12N4O2S2. The number of anilines is 1. The predicted molar refractivity (Wildman–Crippen MR) is 91.0 cm³/mol. The van der Waals surface area contributed by atoms with Crippen molar-refractivity contribution in [2.75, 3.05) is 11.1 Å². The molecule has 1 aliphatic rings. The van der Waals surface area contributed by atoms with Crippen LogP contribution >= 0.6 is 23.1 Å². The summed E-state index contributed by atoms with van der Waals surface area (Å²) in [5, 5.41) is 4.13. The third-order valence-corrected chi connectivity index (χ3v) is 5.72. The molecule has 1 aliphatic heterocycles. The van der Waals surface area contributed by atoms with Crippen molar-refractivity contribution in [3.05, 3.63) is 46.9 Å². The average Bonchev–Trinajstić information content (AvgIpc) is 2.97. The number of hydrogen-bond donors (Lipinski definition) is 1. The van der Waals surface area contributed by atoms with E-state index in [1.165, 1.54) is 35.4 Å². The second-order valence-electron chi connectivity index (χ2n) is 5.16. The molecule has 0 bridgehead atoms. The van der Waals surface area contributed by atoms with Crippen LogP contribution in [-0.2, 0) is 11.3 Å². The molecule has 0 unspecified atom stereocenters. The topological polar surface area (TPSA) is 76.9 Å². The zero-order valence-corrected chi connectivity index (χ0v) is 13.6. The molecule has 1 N–H and O–H groups in total. The molecule has 0 radical (unpaired) electrons. The lowest BCUT2D eigenvalue weighted by Crippen LogP contribution is -2.36.